The molecule has 0 bridgehead atoms. The van der Waals surface area contributed by atoms with Crippen molar-refractivity contribution in [2.75, 3.05) is 7.11 Å². The van der Waals surface area contributed by atoms with Gasteiger partial charge in [-0.25, -0.2) is 4.99 Å². The van der Waals surface area contributed by atoms with Crippen LogP contribution in [0.5, 0.6) is 5.75 Å². The Hall–Kier alpha value is -4.88. The highest BCUT2D eigenvalue weighted by Crippen LogP contribution is 2.43. The molecule has 0 saturated carbocycles. The number of para-hydroxylation sites is 1. The van der Waals surface area contributed by atoms with E-state index in [4.69, 9.17) is 9.15 Å². The van der Waals surface area contributed by atoms with Gasteiger partial charge in [0, 0.05) is 22.9 Å². The molecule has 4 nitrogen and oxygen atoms in total. The van der Waals surface area contributed by atoms with E-state index in [0.29, 0.717) is 17.1 Å². The van der Waals surface area contributed by atoms with E-state index in [1.165, 1.54) is 0 Å². The molecule has 4 aromatic carbocycles. The molecule has 0 spiro atoms. The molecule has 0 N–H and O–H groups in total. The molecule has 0 amide bonds. The van der Waals surface area contributed by atoms with Gasteiger partial charge >= 0.3 is 0 Å². The van der Waals surface area contributed by atoms with Gasteiger partial charge in [-0.15, -0.1) is 0 Å². The van der Waals surface area contributed by atoms with Gasteiger partial charge in [0.2, 0.25) is 5.88 Å². The third-order valence-electron chi connectivity index (χ3n) is 5.78. The number of furan rings is 1. The molecule has 0 aliphatic rings. The average Bonchev–Trinajstić information content (AvgIpc) is 3.31. The lowest BCUT2D eigenvalue weighted by molar-refractivity contribution is 0.414. The number of nitrogens with zero attached hydrogens (tertiary/aromatic N) is 2. The van der Waals surface area contributed by atoms with Crippen molar-refractivity contribution in [1.29, 1.82) is 5.26 Å². The van der Waals surface area contributed by atoms with E-state index >= 15 is 0 Å². The second-order valence-electron chi connectivity index (χ2n) is 7.91. The zero-order valence-electron chi connectivity index (χ0n) is 19.2. The maximum absolute atomic E-state index is 10.1. The van der Waals surface area contributed by atoms with Crippen LogP contribution < -0.4 is 4.74 Å². The first-order valence-electron chi connectivity index (χ1n) is 11.2. The standard InChI is InChI=1S/C31H22N2O2/c1-34-28-15-9-8-14-26(28)21-33-31-27(20-32)29(24-12-6-3-7-13-24)30(35-31)25-18-16-23(17-19-25)22-10-4-2-5-11-22/h2-19,21H,1H3. The summed E-state index contributed by atoms with van der Waals surface area (Å²) >= 11 is 0. The van der Waals surface area contributed by atoms with Gasteiger partial charge in [0.25, 0.3) is 0 Å². The van der Waals surface area contributed by atoms with Gasteiger partial charge in [0.15, 0.2) is 0 Å². The highest BCUT2D eigenvalue weighted by Gasteiger charge is 2.22. The highest BCUT2D eigenvalue weighted by atomic mass is 16.5. The number of nitriles is 1. The maximum atomic E-state index is 10.1. The fourth-order valence-corrected chi connectivity index (χ4v) is 4.04. The summed E-state index contributed by atoms with van der Waals surface area (Å²) in [5.74, 6) is 1.57. The predicted octanol–water partition coefficient (Wildman–Crippen LogP) is 7.91. The number of benzene rings is 4. The number of rotatable bonds is 6. The number of ether oxygens (including phenoxy) is 1. The van der Waals surface area contributed by atoms with E-state index in [9.17, 15) is 5.26 Å². The molecule has 0 atom stereocenters. The molecule has 0 saturated heterocycles. The molecule has 5 rings (SSSR count). The van der Waals surface area contributed by atoms with Gasteiger partial charge in [-0.1, -0.05) is 97.1 Å². The second-order valence-corrected chi connectivity index (χ2v) is 7.91. The van der Waals surface area contributed by atoms with Crippen molar-refractivity contribution < 1.29 is 9.15 Å². The second kappa shape index (κ2) is 9.94. The molecule has 35 heavy (non-hydrogen) atoms. The topological polar surface area (TPSA) is 58.5 Å². The molecule has 0 aliphatic carbocycles. The van der Waals surface area contributed by atoms with Crippen LogP contribution in [-0.4, -0.2) is 13.3 Å². The van der Waals surface area contributed by atoms with Gasteiger partial charge in [0.05, 0.1) is 7.11 Å². The van der Waals surface area contributed by atoms with E-state index in [1.807, 2.05) is 84.9 Å². The molecule has 1 heterocycles. The number of hydrogen-bond donors (Lipinski definition) is 0. The van der Waals surface area contributed by atoms with Crippen molar-refractivity contribution in [3.05, 3.63) is 120 Å². The van der Waals surface area contributed by atoms with Crippen molar-refractivity contribution >= 4 is 12.1 Å². The van der Waals surface area contributed by atoms with Crippen LogP contribution in [0.1, 0.15) is 11.1 Å². The Balaban J connectivity index is 1.62. The van der Waals surface area contributed by atoms with Crippen molar-refractivity contribution in [3.63, 3.8) is 0 Å². The fourth-order valence-electron chi connectivity index (χ4n) is 4.04. The van der Waals surface area contributed by atoms with E-state index < -0.39 is 0 Å². The Labute approximate surface area is 204 Å². The first-order valence-corrected chi connectivity index (χ1v) is 11.2. The van der Waals surface area contributed by atoms with E-state index in [-0.39, 0.29) is 5.88 Å². The summed E-state index contributed by atoms with van der Waals surface area (Å²) in [6.07, 6.45) is 1.66. The van der Waals surface area contributed by atoms with Gasteiger partial charge in [-0.05, 0) is 28.8 Å². The maximum Gasteiger partial charge on any atom is 0.238 e. The van der Waals surface area contributed by atoms with Crippen LogP contribution in [-0.2, 0) is 0 Å². The molecule has 168 valence electrons. The zero-order chi connectivity index (χ0) is 24.0. The van der Waals surface area contributed by atoms with Crippen LogP contribution in [0, 0.1) is 11.3 Å². The van der Waals surface area contributed by atoms with Gasteiger partial charge in [0.1, 0.15) is 23.1 Å². The fraction of sp³-hybridized carbons (Fsp3) is 0.0323. The number of hydrogen-bond acceptors (Lipinski definition) is 4. The molecule has 0 radical (unpaired) electrons. The van der Waals surface area contributed by atoms with Gasteiger partial charge in [-0.3, -0.25) is 0 Å². The van der Waals surface area contributed by atoms with Crippen LogP contribution in [0.25, 0.3) is 33.6 Å². The number of methoxy groups -OCH3 is 1. The van der Waals surface area contributed by atoms with Crippen LogP contribution in [0.4, 0.5) is 5.88 Å². The molecule has 1 aromatic heterocycles. The van der Waals surface area contributed by atoms with Crippen molar-refractivity contribution in [3.8, 4) is 45.4 Å². The van der Waals surface area contributed by atoms with Crippen molar-refractivity contribution in [2.24, 2.45) is 4.99 Å². The summed E-state index contributed by atoms with van der Waals surface area (Å²) in [6, 6.07) is 38.0. The Kier molecular flexibility index (Phi) is 6.23. The third kappa shape index (κ3) is 4.48. The molecule has 5 aromatic rings. The van der Waals surface area contributed by atoms with E-state index in [0.717, 1.165) is 33.4 Å². The zero-order valence-corrected chi connectivity index (χ0v) is 19.2. The smallest absolute Gasteiger partial charge is 0.238 e. The summed E-state index contributed by atoms with van der Waals surface area (Å²) in [4.78, 5) is 4.56. The van der Waals surface area contributed by atoms with Crippen LogP contribution in [0.15, 0.2) is 119 Å². The van der Waals surface area contributed by atoms with E-state index in [1.54, 1.807) is 13.3 Å². The molecular weight excluding hydrogens is 432 g/mol. The third-order valence-corrected chi connectivity index (χ3v) is 5.78. The lowest BCUT2D eigenvalue weighted by Crippen LogP contribution is -1.89. The Morgan fingerprint density at radius 3 is 1.94 bits per heavy atom. The quantitative estimate of drug-likeness (QED) is 0.245. The molecule has 0 unspecified atom stereocenters. The van der Waals surface area contributed by atoms with E-state index in [2.05, 4.69) is 35.3 Å². The lowest BCUT2D eigenvalue weighted by atomic mass is 9.97. The Bertz CT molecular complexity index is 1510. The average molecular weight is 455 g/mol. The van der Waals surface area contributed by atoms with Gasteiger partial charge in [-0.2, -0.15) is 5.26 Å². The molecule has 0 fully saturated rings. The van der Waals surface area contributed by atoms with Crippen LogP contribution in [0.2, 0.25) is 0 Å². The predicted molar refractivity (Wildman–Crippen MR) is 140 cm³/mol. The minimum Gasteiger partial charge on any atom is -0.496 e. The van der Waals surface area contributed by atoms with Gasteiger partial charge < -0.3 is 9.15 Å². The summed E-state index contributed by atoms with van der Waals surface area (Å²) in [6.45, 7) is 0. The van der Waals surface area contributed by atoms with Crippen molar-refractivity contribution in [1.82, 2.24) is 0 Å². The monoisotopic (exact) mass is 454 g/mol. The highest BCUT2D eigenvalue weighted by molar-refractivity contribution is 5.91. The largest absolute Gasteiger partial charge is 0.496 e. The summed E-state index contributed by atoms with van der Waals surface area (Å²) < 4.78 is 11.7. The summed E-state index contributed by atoms with van der Waals surface area (Å²) in [7, 11) is 1.62. The minimum absolute atomic E-state index is 0.263. The summed E-state index contributed by atoms with van der Waals surface area (Å²) in [5, 5.41) is 10.1. The molecule has 0 aliphatic heterocycles. The lowest BCUT2D eigenvalue weighted by Gasteiger charge is -2.06. The Morgan fingerprint density at radius 1 is 0.714 bits per heavy atom. The van der Waals surface area contributed by atoms with Crippen molar-refractivity contribution in [2.45, 2.75) is 0 Å². The minimum atomic E-state index is 0.263. The first kappa shape index (κ1) is 21.9. The summed E-state index contributed by atoms with van der Waals surface area (Å²) in [5.41, 5.74) is 5.94. The van der Waals surface area contributed by atoms with Crippen LogP contribution in [0.3, 0.4) is 0 Å². The SMILES string of the molecule is COc1ccccc1C=Nc1oc(-c2ccc(-c3ccccc3)cc2)c(-c2ccccc2)c1C#N. The first-order chi connectivity index (χ1) is 17.3. The molecular formula is C31H22N2O2. The van der Waals surface area contributed by atoms with Crippen LogP contribution >= 0.6 is 0 Å². The number of aliphatic imine (C=N–C) groups is 1. The normalized spacial score (nSPS) is 10.9. The molecule has 4 heteroatoms. The Morgan fingerprint density at radius 2 is 1.29 bits per heavy atom.